The Balaban J connectivity index is 4.72. The number of carbonyl (C=O) groups excluding carboxylic acids is 3. The summed E-state index contributed by atoms with van der Waals surface area (Å²) in [5.74, 6) is -0.845. The first-order valence-electron chi connectivity index (χ1n) is 7.71. The fraction of sp³-hybridized carbons (Fsp3) is 0.786. The molecule has 2 N–H and O–H groups in total. The summed E-state index contributed by atoms with van der Waals surface area (Å²) in [5, 5.41) is 8.42. The third-order valence-corrected chi connectivity index (χ3v) is 2.49. The molecule has 3 amide bonds. The summed E-state index contributed by atoms with van der Waals surface area (Å²) in [5.41, 5.74) is 7.42. The van der Waals surface area contributed by atoms with Gasteiger partial charge >= 0.3 is 6.09 Å². The Hall–Kier alpha value is -2.48. The van der Waals surface area contributed by atoms with Crippen LogP contribution in [0.15, 0.2) is 5.11 Å². The van der Waals surface area contributed by atoms with Crippen LogP contribution in [-0.2, 0) is 14.3 Å². The molecule has 0 aliphatic carbocycles. The molecular weight excluding hydrogens is 316 g/mol. The summed E-state index contributed by atoms with van der Waals surface area (Å²) >= 11 is 0. The lowest BCUT2D eigenvalue weighted by molar-refractivity contribution is -0.125. The Morgan fingerprint density at radius 1 is 1.12 bits per heavy atom. The maximum absolute atomic E-state index is 12.2. The molecule has 0 saturated heterocycles. The van der Waals surface area contributed by atoms with Crippen LogP contribution in [0.4, 0.5) is 4.79 Å². The van der Waals surface area contributed by atoms with Crippen molar-refractivity contribution in [1.82, 2.24) is 15.5 Å². The largest absolute Gasteiger partial charge is 0.444 e. The van der Waals surface area contributed by atoms with Crippen molar-refractivity contribution in [3.05, 3.63) is 10.4 Å². The second-order valence-electron chi connectivity index (χ2n) is 5.99. The summed E-state index contributed by atoms with van der Waals surface area (Å²) < 4.78 is 5.21. The van der Waals surface area contributed by atoms with E-state index in [0.29, 0.717) is 6.54 Å². The Morgan fingerprint density at radius 3 is 2.12 bits per heavy atom. The van der Waals surface area contributed by atoms with Crippen LogP contribution in [0.1, 0.15) is 34.1 Å². The van der Waals surface area contributed by atoms with Crippen molar-refractivity contribution < 1.29 is 19.1 Å². The van der Waals surface area contributed by atoms with Crippen LogP contribution in [0.5, 0.6) is 0 Å². The van der Waals surface area contributed by atoms with Crippen molar-refractivity contribution in [1.29, 1.82) is 0 Å². The first-order chi connectivity index (χ1) is 11.2. The van der Waals surface area contributed by atoms with Crippen LogP contribution in [0, 0.1) is 0 Å². The van der Waals surface area contributed by atoms with E-state index in [2.05, 4.69) is 20.7 Å². The van der Waals surface area contributed by atoms with E-state index in [9.17, 15) is 14.4 Å². The highest BCUT2D eigenvalue weighted by Gasteiger charge is 2.25. The summed E-state index contributed by atoms with van der Waals surface area (Å²) in [4.78, 5) is 39.4. The van der Waals surface area contributed by atoms with Gasteiger partial charge in [0.1, 0.15) is 18.7 Å². The minimum Gasteiger partial charge on any atom is -0.444 e. The van der Waals surface area contributed by atoms with E-state index in [4.69, 9.17) is 10.3 Å². The van der Waals surface area contributed by atoms with Crippen LogP contribution >= 0.6 is 0 Å². The maximum Gasteiger partial charge on any atom is 0.411 e. The third kappa shape index (κ3) is 11.1. The minimum atomic E-state index is -0.751. The van der Waals surface area contributed by atoms with E-state index < -0.39 is 17.6 Å². The zero-order valence-corrected chi connectivity index (χ0v) is 14.7. The molecule has 0 fully saturated rings. The Labute approximate surface area is 141 Å². The van der Waals surface area contributed by atoms with Gasteiger partial charge in [0.15, 0.2) is 0 Å². The monoisotopic (exact) mass is 342 g/mol. The lowest BCUT2D eigenvalue weighted by atomic mass is 10.2. The van der Waals surface area contributed by atoms with E-state index >= 15 is 0 Å². The number of nitrogens with zero attached hydrogens (tertiary/aromatic N) is 4. The fourth-order valence-corrected chi connectivity index (χ4v) is 1.52. The van der Waals surface area contributed by atoms with E-state index in [1.54, 1.807) is 20.8 Å². The minimum absolute atomic E-state index is 0.103. The van der Waals surface area contributed by atoms with E-state index in [1.807, 2.05) is 6.92 Å². The molecule has 0 spiro atoms. The summed E-state index contributed by atoms with van der Waals surface area (Å²) in [6.07, 6.45) is 0.0114. The van der Waals surface area contributed by atoms with Gasteiger partial charge in [-0.15, -0.1) is 0 Å². The van der Waals surface area contributed by atoms with Gasteiger partial charge in [0.05, 0.1) is 0 Å². The molecule has 0 atom stereocenters. The highest BCUT2D eigenvalue weighted by molar-refractivity contribution is 5.86. The van der Waals surface area contributed by atoms with Crippen LogP contribution in [0.2, 0.25) is 0 Å². The van der Waals surface area contributed by atoms with Crippen molar-refractivity contribution in [2.45, 2.75) is 39.7 Å². The zero-order valence-electron chi connectivity index (χ0n) is 14.7. The number of carbonyl (C=O) groups is 3. The Kier molecular flexibility index (Phi) is 9.97. The Bertz CT molecular complexity index is 482. The molecular formula is C14H26N6O4. The highest BCUT2D eigenvalue weighted by Crippen LogP contribution is 2.09. The summed E-state index contributed by atoms with van der Waals surface area (Å²) in [6, 6.07) is 0. The predicted molar refractivity (Wildman–Crippen MR) is 88.1 cm³/mol. The quantitative estimate of drug-likeness (QED) is 0.281. The number of hydrogen-bond donors (Lipinski definition) is 2. The molecule has 0 rings (SSSR count). The Morgan fingerprint density at radius 2 is 1.67 bits per heavy atom. The smallest absolute Gasteiger partial charge is 0.411 e. The van der Waals surface area contributed by atoms with Gasteiger partial charge in [0.2, 0.25) is 11.8 Å². The van der Waals surface area contributed by atoms with Gasteiger partial charge in [-0.2, -0.15) is 0 Å². The molecule has 0 aliphatic heterocycles. The molecule has 0 bridgehead atoms. The van der Waals surface area contributed by atoms with Gasteiger partial charge in [-0.1, -0.05) is 12.0 Å². The molecule has 0 aromatic heterocycles. The number of hydrogen-bond acceptors (Lipinski definition) is 5. The SMILES string of the molecule is CCCNC(=O)CN(CC(=O)NCCN=[N+]=[N-])C(=O)OC(C)(C)C. The first kappa shape index (κ1) is 21.5. The van der Waals surface area contributed by atoms with Crippen molar-refractivity contribution in [2.24, 2.45) is 5.11 Å². The maximum atomic E-state index is 12.2. The molecule has 10 nitrogen and oxygen atoms in total. The van der Waals surface area contributed by atoms with Crippen molar-refractivity contribution >= 4 is 17.9 Å². The first-order valence-corrected chi connectivity index (χ1v) is 7.71. The number of ether oxygens (including phenoxy) is 1. The van der Waals surface area contributed by atoms with Crippen molar-refractivity contribution in [3.63, 3.8) is 0 Å². The van der Waals surface area contributed by atoms with E-state index in [1.165, 1.54) is 0 Å². The molecule has 24 heavy (non-hydrogen) atoms. The van der Waals surface area contributed by atoms with Gasteiger partial charge in [0, 0.05) is 24.5 Å². The predicted octanol–water partition coefficient (Wildman–Crippen LogP) is 1.18. The average molecular weight is 342 g/mol. The topological polar surface area (TPSA) is 136 Å². The molecule has 0 aromatic carbocycles. The molecule has 136 valence electrons. The molecule has 0 saturated carbocycles. The van der Waals surface area contributed by atoms with Gasteiger partial charge < -0.3 is 15.4 Å². The summed E-state index contributed by atoms with van der Waals surface area (Å²) in [7, 11) is 0. The number of amides is 3. The van der Waals surface area contributed by atoms with Crippen LogP contribution in [-0.4, -0.2) is 61.1 Å². The molecule has 0 unspecified atom stereocenters. The van der Waals surface area contributed by atoms with Gasteiger partial charge in [-0.3, -0.25) is 14.5 Å². The molecule has 0 heterocycles. The standard InChI is InChI=1S/C14H26N6O4/c1-5-6-16-11(21)9-20(13(23)24-14(2,3)4)10-12(22)17-7-8-18-19-15/h5-10H2,1-4H3,(H,16,21)(H,17,22). The zero-order chi connectivity index (χ0) is 18.6. The molecule has 0 radical (unpaired) electrons. The van der Waals surface area contributed by atoms with Gasteiger partial charge in [0.25, 0.3) is 0 Å². The lowest BCUT2D eigenvalue weighted by Crippen LogP contribution is -2.47. The lowest BCUT2D eigenvalue weighted by Gasteiger charge is -2.26. The van der Waals surface area contributed by atoms with E-state index in [0.717, 1.165) is 11.3 Å². The second kappa shape index (κ2) is 11.1. The van der Waals surface area contributed by atoms with Crippen molar-refractivity contribution in [2.75, 3.05) is 32.7 Å². The average Bonchev–Trinajstić information content (AvgIpc) is 2.47. The number of nitrogens with one attached hydrogen (secondary N) is 2. The van der Waals surface area contributed by atoms with Gasteiger partial charge in [-0.25, -0.2) is 4.79 Å². The molecule has 0 aromatic rings. The fourth-order valence-electron chi connectivity index (χ4n) is 1.52. The van der Waals surface area contributed by atoms with Crippen LogP contribution in [0.25, 0.3) is 10.4 Å². The second-order valence-corrected chi connectivity index (χ2v) is 5.99. The third-order valence-electron chi connectivity index (χ3n) is 2.49. The molecule has 0 aliphatic rings. The van der Waals surface area contributed by atoms with Crippen LogP contribution in [0.3, 0.4) is 0 Å². The molecule has 10 heteroatoms. The highest BCUT2D eigenvalue weighted by atomic mass is 16.6. The number of rotatable bonds is 9. The van der Waals surface area contributed by atoms with E-state index in [-0.39, 0.29) is 32.1 Å². The van der Waals surface area contributed by atoms with Crippen molar-refractivity contribution in [3.8, 4) is 0 Å². The normalized spacial score (nSPS) is 10.3. The van der Waals surface area contributed by atoms with Gasteiger partial charge in [-0.05, 0) is 32.7 Å². The number of azide groups is 1. The van der Waals surface area contributed by atoms with Crippen LogP contribution < -0.4 is 10.6 Å². The summed E-state index contributed by atoms with van der Waals surface area (Å²) in [6.45, 7) is 7.12.